The highest BCUT2D eigenvalue weighted by Crippen LogP contribution is 2.39. The predicted octanol–water partition coefficient (Wildman–Crippen LogP) is 2.83. The van der Waals surface area contributed by atoms with E-state index in [2.05, 4.69) is 27.1 Å². The van der Waals surface area contributed by atoms with Crippen LogP contribution in [0.15, 0.2) is 10.7 Å². The van der Waals surface area contributed by atoms with E-state index in [0.717, 1.165) is 30.6 Å². The van der Waals surface area contributed by atoms with Crippen molar-refractivity contribution < 1.29 is 4.52 Å². The summed E-state index contributed by atoms with van der Waals surface area (Å²) in [7, 11) is 2.01. The Bertz CT molecular complexity index is 679. The molecule has 0 N–H and O–H groups in total. The zero-order valence-electron chi connectivity index (χ0n) is 14.7. The molecule has 0 aromatic carbocycles. The van der Waals surface area contributed by atoms with E-state index in [1.807, 2.05) is 17.9 Å². The summed E-state index contributed by atoms with van der Waals surface area (Å²) in [5.41, 5.74) is 2.64. The molecule has 6 heteroatoms. The Balaban J connectivity index is 1.21. The highest BCUT2D eigenvalue weighted by Gasteiger charge is 2.29. The molecule has 2 aliphatic rings. The van der Waals surface area contributed by atoms with E-state index in [0.29, 0.717) is 5.92 Å². The molecule has 1 saturated heterocycles. The van der Waals surface area contributed by atoms with Crippen LogP contribution in [0.3, 0.4) is 0 Å². The first-order valence-electron chi connectivity index (χ1n) is 9.21. The molecule has 130 valence electrons. The first-order chi connectivity index (χ1) is 11.7. The van der Waals surface area contributed by atoms with Crippen molar-refractivity contribution in [2.75, 3.05) is 13.1 Å². The summed E-state index contributed by atoms with van der Waals surface area (Å²) in [6, 6.07) is 0. The lowest BCUT2D eigenvalue weighted by molar-refractivity contribution is 0.171. The van der Waals surface area contributed by atoms with Gasteiger partial charge in [-0.1, -0.05) is 5.16 Å². The summed E-state index contributed by atoms with van der Waals surface area (Å²) >= 11 is 0. The molecular formula is C18H27N5O. The van der Waals surface area contributed by atoms with Crippen LogP contribution in [0.25, 0.3) is 0 Å². The molecule has 3 heterocycles. The van der Waals surface area contributed by atoms with Gasteiger partial charge in [-0.2, -0.15) is 10.1 Å². The molecule has 1 aliphatic carbocycles. The Hall–Kier alpha value is -1.69. The summed E-state index contributed by atoms with van der Waals surface area (Å²) in [4.78, 5) is 7.10. The van der Waals surface area contributed by atoms with E-state index in [9.17, 15) is 0 Å². The second kappa shape index (κ2) is 6.67. The monoisotopic (exact) mass is 329 g/mol. The van der Waals surface area contributed by atoms with Gasteiger partial charge in [-0.05, 0) is 58.0 Å². The molecule has 2 aromatic rings. The lowest BCUT2D eigenvalue weighted by atomic mass is 9.92. The summed E-state index contributed by atoms with van der Waals surface area (Å²) in [6.07, 6.45) is 9.13. The van der Waals surface area contributed by atoms with Crippen LogP contribution in [0.1, 0.15) is 61.0 Å². The van der Waals surface area contributed by atoms with Crippen molar-refractivity contribution in [3.63, 3.8) is 0 Å². The van der Waals surface area contributed by atoms with E-state index < -0.39 is 0 Å². The molecule has 24 heavy (non-hydrogen) atoms. The maximum atomic E-state index is 5.35. The van der Waals surface area contributed by atoms with Crippen LogP contribution in [-0.2, 0) is 20.0 Å². The SMILES string of the molecule is Cc1c(CN2CCC(CCc3noc(C4CC4)n3)CC2)cnn1C. The number of aryl methyl sites for hydroxylation is 2. The largest absolute Gasteiger partial charge is 0.339 e. The smallest absolute Gasteiger partial charge is 0.229 e. The average Bonchev–Trinajstić information content (AvgIpc) is 3.27. The Morgan fingerprint density at radius 1 is 1.21 bits per heavy atom. The Labute approximate surface area is 143 Å². The zero-order valence-corrected chi connectivity index (χ0v) is 14.7. The van der Waals surface area contributed by atoms with Crippen molar-refractivity contribution in [1.82, 2.24) is 24.8 Å². The van der Waals surface area contributed by atoms with Crippen LogP contribution >= 0.6 is 0 Å². The van der Waals surface area contributed by atoms with Gasteiger partial charge in [-0.25, -0.2) is 0 Å². The molecular weight excluding hydrogens is 302 g/mol. The standard InChI is InChI=1S/C18H27N5O/c1-13-16(11-19-22(13)2)12-23-9-7-14(8-10-23)3-6-17-20-18(24-21-17)15-4-5-15/h11,14-15H,3-10,12H2,1-2H3. The third-order valence-electron chi connectivity index (χ3n) is 5.62. The van der Waals surface area contributed by atoms with Crippen LogP contribution in [-0.4, -0.2) is 37.9 Å². The second-order valence-electron chi connectivity index (χ2n) is 7.46. The molecule has 0 amide bonds. The molecule has 6 nitrogen and oxygen atoms in total. The Morgan fingerprint density at radius 3 is 2.67 bits per heavy atom. The first kappa shape index (κ1) is 15.8. The number of likely N-dealkylation sites (tertiary alicyclic amines) is 1. The van der Waals surface area contributed by atoms with Gasteiger partial charge < -0.3 is 4.52 Å². The lowest BCUT2D eigenvalue weighted by Gasteiger charge is -2.31. The van der Waals surface area contributed by atoms with Crippen molar-refractivity contribution in [3.05, 3.63) is 29.2 Å². The normalized spacial score (nSPS) is 19.9. The van der Waals surface area contributed by atoms with Gasteiger partial charge in [0.25, 0.3) is 0 Å². The van der Waals surface area contributed by atoms with E-state index in [1.54, 1.807) is 0 Å². The van der Waals surface area contributed by atoms with E-state index >= 15 is 0 Å². The highest BCUT2D eigenvalue weighted by atomic mass is 16.5. The number of nitrogens with zero attached hydrogens (tertiary/aromatic N) is 5. The molecule has 0 radical (unpaired) electrons. The maximum Gasteiger partial charge on any atom is 0.229 e. The van der Waals surface area contributed by atoms with Gasteiger partial charge in [0.2, 0.25) is 5.89 Å². The molecule has 0 unspecified atom stereocenters. The van der Waals surface area contributed by atoms with Gasteiger partial charge >= 0.3 is 0 Å². The first-order valence-corrected chi connectivity index (χ1v) is 9.21. The van der Waals surface area contributed by atoms with Gasteiger partial charge in [0.05, 0.1) is 6.20 Å². The molecule has 0 bridgehead atoms. The van der Waals surface area contributed by atoms with Crippen molar-refractivity contribution in [3.8, 4) is 0 Å². The van der Waals surface area contributed by atoms with E-state index in [-0.39, 0.29) is 0 Å². The minimum Gasteiger partial charge on any atom is -0.339 e. The number of hydrogen-bond acceptors (Lipinski definition) is 5. The number of aromatic nitrogens is 4. The van der Waals surface area contributed by atoms with E-state index in [4.69, 9.17) is 4.52 Å². The van der Waals surface area contributed by atoms with Crippen molar-refractivity contribution in [1.29, 1.82) is 0 Å². The molecule has 1 saturated carbocycles. The molecule has 4 rings (SSSR count). The minimum atomic E-state index is 0.561. The van der Waals surface area contributed by atoms with Gasteiger partial charge in [-0.3, -0.25) is 9.58 Å². The summed E-state index contributed by atoms with van der Waals surface area (Å²) in [5, 5.41) is 8.48. The number of piperidine rings is 1. The topological polar surface area (TPSA) is 60.0 Å². The van der Waals surface area contributed by atoms with Crippen LogP contribution in [0.5, 0.6) is 0 Å². The average molecular weight is 329 g/mol. The quantitative estimate of drug-likeness (QED) is 0.815. The van der Waals surface area contributed by atoms with Gasteiger partial charge in [-0.15, -0.1) is 0 Å². The fraction of sp³-hybridized carbons (Fsp3) is 0.722. The van der Waals surface area contributed by atoms with E-state index in [1.165, 1.54) is 56.5 Å². The number of hydrogen-bond donors (Lipinski definition) is 0. The molecule has 0 atom stereocenters. The van der Waals surface area contributed by atoms with Gasteiger partial charge in [0.1, 0.15) is 0 Å². The minimum absolute atomic E-state index is 0.561. The Kier molecular flexibility index (Phi) is 4.39. The van der Waals surface area contributed by atoms with Gasteiger partial charge in [0.15, 0.2) is 5.82 Å². The summed E-state index contributed by atoms with van der Waals surface area (Å²) in [5.74, 6) is 3.13. The maximum absolute atomic E-state index is 5.35. The third kappa shape index (κ3) is 3.53. The van der Waals surface area contributed by atoms with Crippen LogP contribution < -0.4 is 0 Å². The van der Waals surface area contributed by atoms with Crippen LogP contribution in [0.2, 0.25) is 0 Å². The molecule has 2 aromatic heterocycles. The van der Waals surface area contributed by atoms with Crippen molar-refractivity contribution >= 4 is 0 Å². The fourth-order valence-corrected chi connectivity index (χ4v) is 3.57. The summed E-state index contributed by atoms with van der Waals surface area (Å²) < 4.78 is 7.31. The molecule has 0 spiro atoms. The highest BCUT2D eigenvalue weighted by molar-refractivity contribution is 5.15. The summed E-state index contributed by atoms with van der Waals surface area (Å²) in [6.45, 7) is 5.54. The Morgan fingerprint density at radius 2 is 2.00 bits per heavy atom. The van der Waals surface area contributed by atoms with Crippen LogP contribution in [0.4, 0.5) is 0 Å². The van der Waals surface area contributed by atoms with Crippen molar-refractivity contribution in [2.24, 2.45) is 13.0 Å². The molecule has 1 aliphatic heterocycles. The zero-order chi connectivity index (χ0) is 16.5. The number of rotatable bonds is 6. The van der Waals surface area contributed by atoms with Crippen LogP contribution in [0, 0.1) is 12.8 Å². The van der Waals surface area contributed by atoms with Crippen molar-refractivity contribution in [2.45, 2.75) is 57.9 Å². The predicted molar refractivity (Wildman–Crippen MR) is 90.5 cm³/mol. The van der Waals surface area contributed by atoms with Gasteiger partial charge in [0, 0.05) is 37.2 Å². The lowest BCUT2D eigenvalue weighted by Crippen LogP contribution is -2.33. The third-order valence-corrected chi connectivity index (χ3v) is 5.62. The fourth-order valence-electron chi connectivity index (χ4n) is 3.57. The second-order valence-corrected chi connectivity index (χ2v) is 7.46. The molecule has 2 fully saturated rings.